The average molecular weight is 823 g/mol. The molecule has 0 spiro atoms. The molecule has 9 nitrogen and oxygen atoms in total. The molecular formula is C36H41ClF6N4O5S2. The Labute approximate surface area is 320 Å². The molecule has 0 fully saturated rings. The number of rotatable bonds is 14. The minimum Gasteiger partial charge on any atom is -0.542 e. The number of alkyl halides is 3. The number of sulfonamides is 1. The molecule has 0 amide bonds. The van der Waals surface area contributed by atoms with E-state index in [0.29, 0.717) is 32.5 Å². The fourth-order valence-electron chi connectivity index (χ4n) is 5.24. The van der Waals surface area contributed by atoms with Gasteiger partial charge in [-0.2, -0.15) is 17.5 Å². The van der Waals surface area contributed by atoms with E-state index in [9.17, 15) is 26.0 Å². The molecule has 0 radical (unpaired) electrons. The topological polar surface area (TPSA) is 105 Å². The van der Waals surface area contributed by atoms with Crippen molar-refractivity contribution in [1.29, 1.82) is 0 Å². The van der Waals surface area contributed by atoms with Crippen molar-refractivity contribution >= 4 is 39.4 Å². The quantitative estimate of drug-likeness (QED) is 0.0769. The van der Waals surface area contributed by atoms with E-state index in [0.717, 1.165) is 41.7 Å². The average Bonchev–Trinajstić information content (AvgIpc) is 3.50. The first kappa shape index (κ1) is 44.6. The lowest BCUT2D eigenvalue weighted by Gasteiger charge is -2.28. The molecule has 0 saturated carbocycles. The number of imidazole rings is 1. The van der Waals surface area contributed by atoms with Crippen LogP contribution < -0.4 is 9.84 Å². The number of aliphatic carboxylic acids is 1. The Bertz CT molecular complexity index is 2010. The van der Waals surface area contributed by atoms with Crippen molar-refractivity contribution in [3.05, 3.63) is 100 Å². The Kier molecular flexibility index (Phi) is 14.7. The second-order valence-electron chi connectivity index (χ2n) is 13.5. The maximum absolute atomic E-state index is 15.5. The first-order valence-electron chi connectivity index (χ1n) is 16.3. The predicted molar refractivity (Wildman–Crippen MR) is 193 cm³/mol. The van der Waals surface area contributed by atoms with Crippen LogP contribution >= 0.6 is 23.4 Å². The lowest BCUT2D eigenvalue weighted by Crippen LogP contribution is -2.39. The summed E-state index contributed by atoms with van der Waals surface area (Å²) in [5, 5.41) is 9.65. The number of carboxylic acid groups (broad SMARTS) is 1. The van der Waals surface area contributed by atoms with Crippen molar-refractivity contribution in [3.8, 4) is 11.4 Å². The molecule has 4 aromatic rings. The molecule has 18 heteroatoms. The molecule has 0 aliphatic carbocycles. The Morgan fingerprint density at radius 1 is 1.02 bits per heavy atom. The molecule has 3 aromatic carbocycles. The molecular weight excluding hydrogens is 782 g/mol. The van der Waals surface area contributed by atoms with Crippen LogP contribution in [0.1, 0.15) is 44.0 Å². The highest BCUT2D eigenvalue weighted by Crippen LogP contribution is 2.39. The normalized spacial score (nSPS) is 12.4. The number of thioether (sulfide) groups is 1. The van der Waals surface area contributed by atoms with Crippen LogP contribution in [0, 0.1) is 17.5 Å². The molecule has 0 aliphatic heterocycles. The lowest BCUT2D eigenvalue weighted by molar-refractivity contribution is -0.870. The third kappa shape index (κ3) is 11.1. The van der Waals surface area contributed by atoms with Crippen LogP contribution in [0.4, 0.5) is 26.3 Å². The maximum Gasteiger partial charge on any atom is 0.430 e. The Balaban J connectivity index is 0.00000102. The van der Waals surface area contributed by atoms with Gasteiger partial charge in [0.1, 0.15) is 29.2 Å². The van der Waals surface area contributed by atoms with Crippen LogP contribution in [0.5, 0.6) is 5.75 Å². The third-order valence-electron chi connectivity index (χ3n) is 8.25. The van der Waals surface area contributed by atoms with Crippen molar-refractivity contribution < 1.29 is 53.9 Å². The van der Waals surface area contributed by atoms with E-state index < -0.39 is 49.9 Å². The number of nitrogens with zero attached hydrogens (tertiary/aromatic N) is 4. The van der Waals surface area contributed by atoms with Crippen LogP contribution in [0.2, 0.25) is 5.02 Å². The van der Waals surface area contributed by atoms with Gasteiger partial charge in [-0.05, 0) is 54.1 Å². The maximum atomic E-state index is 15.5. The van der Waals surface area contributed by atoms with E-state index >= 15 is 8.78 Å². The van der Waals surface area contributed by atoms with Crippen LogP contribution in [0.25, 0.3) is 5.69 Å². The number of carbonyl (C=O) groups excluding carboxylic acids is 1. The van der Waals surface area contributed by atoms with Gasteiger partial charge in [0.15, 0.2) is 5.16 Å². The monoisotopic (exact) mass is 822 g/mol. The summed E-state index contributed by atoms with van der Waals surface area (Å²) in [6.07, 6.45) is -2.92. The van der Waals surface area contributed by atoms with Crippen LogP contribution in [-0.4, -0.2) is 86.8 Å². The van der Waals surface area contributed by atoms with E-state index in [1.54, 1.807) is 31.3 Å². The number of hydrogen-bond donors (Lipinski definition) is 0. The van der Waals surface area contributed by atoms with E-state index in [4.69, 9.17) is 26.2 Å². The van der Waals surface area contributed by atoms with Gasteiger partial charge in [0.2, 0.25) is 10.0 Å². The summed E-state index contributed by atoms with van der Waals surface area (Å²) >= 11 is 7.35. The molecule has 0 bridgehead atoms. The summed E-state index contributed by atoms with van der Waals surface area (Å²) in [7, 11) is 3.45. The number of quaternary nitrogens is 1. The SMILES string of the molecule is CCN(CCC[N+](C)(C)C)S(=O)(=O)c1cc(F)c(CSc2ncc(C(C)(C)c3ccc(Cl)c(OC)c3)n2-c2ccc(F)cc2)c(F)c1.O=C([O-])C(F)(F)F. The summed E-state index contributed by atoms with van der Waals surface area (Å²) in [5.74, 6) is -5.03. The van der Waals surface area contributed by atoms with E-state index in [-0.39, 0.29) is 24.4 Å². The second-order valence-corrected chi connectivity index (χ2v) is 16.8. The van der Waals surface area contributed by atoms with Gasteiger partial charge in [0.25, 0.3) is 0 Å². The van der Waals surface area contributed by atoms with Crippen molar-refractivity contribution in [2.24, 2.45) is 0 Å². The number of hydrogen-bond acceptors (Lipinski definition) is 7. The summed E-state index contributed by atoms with van der Waals surface area (Å²) in [6, 6.07) is 13.1. The highest BCUT2D eigenvalue weighted by atomic mass is 35.5. The largest absolute Gasteiger partial charge is 0.542 e. The molecule has 0 unspecified atom stereocenters. The highest BCUT2D eigenvalue weighted by Gasteiger charge is 2.32. The van der Waals surface area contributed by atoms with Gasteiger partial charge in [-0.3, -0.25) is 4.57 Å². The summed E-state index contributed by atoms with van der Waals surface area (Å²) in [6.45, 7) is 6.83. The van der Waals surface area contributed by atoms with Gasteiger partial charge in [0, 0.05) is 41.9 Å². The Hall–Kier alpha value is -3.77. The second kappa shape index (κ2) is 17.8. The van der Waals surface area contributed by atoms with Crippen molar-refractivity contribution in [2.75, 3.05) is 47.9 Å². The van der Waals surface area contributed by atoms with Gasteiger partial charge in [-0.25, -0.2) is 26.6 Å². The van der Waals surface area contributed by atoms with Gasteiger partial charge < -0.3 is 19.1 Å². The number of carboxylic acids is 1. The molecule has 0 saturated heterocycles. The van der Waals surface area contributed by atoms with E-state index in [1.807, 2.05) is 51.7 Å². The molecule has 1 aromatic heterocycles. The minimum absolute atomic E-state index is 0.174. The summed E-state index contributed by atoms with van der Waals surface area (Å²) in [5.41, 5.74) is 1.25. The first-order chi connectivity index (χ1) is 24.9. The number of benzene rings is 3. The van der Waals surface area contributed by atoms with Crippen LogP contribution in [-0.2, 0) is 26.0 Å². The zero-order valence-electron chi connectivity index (χ0n) is 30.6. The van der Waals surface area contributed by atoms with Crippen molar-refractivity contribution in [3.63, 3.8) is 0 Å². The predicted octanol–water partition coefficient (Wildman–Crippen LogP) is 6.98. The molecule has 0 aliphatic rings. The molecule has 54 heavy (non-hydrogen) atoms. The van der Waals surface area contributed by atoms with E-state index in [2.05, 4.69) is 4.98 Å². The number of ether oxygens (including phenoxy) is 1. The number of methoxy groups -OCH3 is 1. The smallest absolute Gasteiger partial charge is 0.430 e. The molecule has 0 N–H and O–H groups in total. The molecule has 0 atom stereocenters. The van der Waals surface area contributed by atoms with Crippen molar-refractivity contribution in [2.45, 2.75) is 54.6 Å². The van der Waals surface area contributed by atoms with Gasteiger partial charge >= 0.3 is 6.18 Å². The van der Waals surface area contributed by atoms with Crippen LogP contribution in [0.15, 0.2) is 70.8 Å². The zero-order valence-corrected chi connectivity index (χ0v) is 33.0. The molecule has 296 valence electrons. The zero-order chi connectivity index (χ0) is 40.8. The summed E-state index contributed by atoms with van der Waals surface area (Å²) < 4.78 is 112. The highest BCUT2D eigenvalue weighted by molar-refractivity contribution is 7.98. The first-order valence-corrected chi connectivity index (χ1v) is 19.1. The van der Waals surface area contributed by atoms with E-state index in [1.165, 1.54) is 23.5 Å². The number of halogens is 7. The minimum atomic E-state index is -5.19. The van der Waals surface area contributed by atoms with Crippen LogP contribution in [0.3, 0.4) is 0 Å². The Morgan fingerprint density at radius 2 is 1.59 bits per heavy atom. The fraction of sp³-hybridized carbons (Fsp3) is 0.389. The van der Waals surface area contributed by atoms with Crippen molar-refractivity contribution in [1.82, 2.24) is 13.9 Å². The number of aromatic nitrogens is 2. The summed E-state index contributed by atoms with van der Waals surface area (Å²) in [4.78, 5) is 13.0. The Morgan fingerprint density at radius 3 is 2.09 bits per heavy atom. The lowest BCUT2D eigenvalue weighted by atomic mass is 9.81. The standard InChI is InChI=1S/C34H41ClF3N4O3S2.C2HF3O2/c1-8-40(16-9-17-42(4,5)6)47(43,44)26-19-29(37)27(30(38)20-26)22-46-33-39-21-32(41(33)25-13-11-24(36)12-14-25)34(2,3)23-10-15-28(35)31(18-23)45-7;3-2(4,5)1(6)7/h10-15,18-21H,8-9,16-17,22H2,1-7H3;(H,6,7)/q+1;/p-1. The van der Waals surface area contributed by atoms with Gasteiger partial charge in [-0.1, -0.05) is 50.2 Å². The molecule has 1 heterocycles. The van der Waals surface area contributed by atoms with Gasteiger partial charge in [0.05, 0.1) is 56.6 Å². The van der Waals surface area contributed by atoms with Gasteiger partial charge in [-0.15, -0.1) is 0 Å². The molecule has 4 rings (SSSR count). The fourth-order valence-corrected chi connectivity index (χ4v) is 7.95. The third-order valence-corrected chi connectivity index (χ3v) is 11.5. The number of carbonyl (C=O) groups is 1.